The van der Waals surface area contributed by atoms with E-state index in [1.807, 2.05) is 12.1 Å². The molecule has 0 radical (unpaired) electrons. The zero-order chi connectivity index (χ0) is 16.0. The number of hydrogen-bond acceptors (Lipinski definition) is 1. The molecular formula is C21H19OP. The molecule has 2 bridgehead atoms. The summed E-state index contributed by atoms with van der Waals surface area (Å²) in [6.07, 6.45) is 2.20. The fourth-order valence-corrected chi connectivity index (χ4v) is 7.51. The Morgan fingerprint density at radius 3 is 2.09 bits per heavy atom. The number of fused-ring (bicyclic) bond motifs is 2. The highest BCUT2D eigenvalue weighted by Gasteiger charge is 2.51. The third-order valence-corrected chi connectivity index (χ3v) is 8.24. The maximum atomic E-state index is 11.9. The molecular weight excluding hydrogens is 299 g/mol. The molecule has 4 rings (SSSR count). The summed E-state index contributed by atoms with van der Waals surface area (Å²) in [4.78, 5) is 11.9. The van der Waals surface area contributed by atoms with Crippen molar-refractivity contribution >= 4 is 25.1 Å². The van der Waals surface area contributed by atoms with Crippen molar-refractivity contribution in [1.82, 2.24) is 0 Å². The Balaban J connectivity index is 1.91. The van der Waals surface area contributed by atoms with Gasteiger partial charge >= 0.3 is 0 Å². The fraction of sp³-hybridized carbons (Fsp3) is 0.190. The SMILES string of the molecule is CC1=C(c2ccccc2)P2CC1(C)C(c1ccccc1)=C2C=O. The Labute approximate surface area is 138 Å². The second-order valence-corrected chi connectivity index (χ2v) is 8.60. The third-order valence-electron chi connectivity index (χ3n) is 5.25. The Morgan fingerprint density at radius 2 is 1.52 bits per heavy atom. The summed E-state index contributed by atoms with van der Waals surface area (Å²) in [6.45, 7) is 4.57. The van der Waals surface area contributed by atoms with Crippen LogP contribution in [0.25, 0.3) is 10.9 Å². The van der Waals surface area contributed by atoms with E-state index in [1.165, 1.54) is 27.6 Å². The van der Waals surface area contributed by atoms with Gasteiger partial charge in [-0.3, -0.25) is 4.79 Å². The Kier molecular flexibility index (Phi) is 3.36. The molecule has 2 aliphatic rings. The summed E-state index contributed by atoms with van der Waals surface area (Å²) in [5.74, 6) is 0. The average Bonchev–Trinajstić information content (AvgIpc) is 3.03. The van der Waals surface area contributed by atoms with Crippen molar-refractivity contribution in [2.24, 2.45) is 5.41 Å². The summed E-state index contributed by atoms with van der Waals surface area (Å²) in [7, 11) is -0.532. The van der Waals surface area contributed by atoms with Gasteiger partial charge < -0.3 is 0 Å². The molecule has 2 aliphatic heterocycles. The van der Waals surface area contributed by atoms with Crippen LogP contribution < -0.4 is 0 Å². The number of carbonyl (C=O) groups is 1. The van der Waals surface area contributed by atoms with E-state index >= 15 is 0 Å². The van der Waals surface area contributed by atoms with Crippen LogP contribution in [0.5, 0.6) is 0 Å². The minimum Gasteiger partial charge on any atom is -0.298 e. The summed E-state index contributed by atoms with van der Waals surface area (Å²) >= 11 is 0. The van der Waals surface area contributed by atoms with Crippen LogP contribution in [0.4, 0.5) is 0 Å². The summed E-state index contributed by atoms with van der Waals surface area (Å²) in [5.41, 5.74) is 5.18. The highest BCUT2D eigenvalue weighted by atomic mass is 31.1. The molecule has 0 saturated heterocycles. The number of rotatable bonds is 3. The van der Waals surface area contributed by atoms with E-state index in [2.05, 4.69) is 62.4 Å². The van der Waals surface area contributed by atoms with Gasteiger partial charge in [-0.05, 0) is 43.0 Å². The molecule has 114 valence electrons. The first kappa shape index (κ1) is 14.6. The monoisotopic (exact) mass is 318 g/mol. The van der Waals surface area contributed by atoms with Crippen molar-refractivity contribution in [1.29, 1.82) is 0 Å². The number of carbonyl (C=O) groups excluding carboxylic acids is 1. The number of hydrogen-bond donors (Lipinski definition) is 0. The van der Waals surface area contributed by atoms with Crippen LogP contribution in [0.3, 0.4) is 0 Å². The smallest absolute Gasteiger partial charge is 0.151 e. The topological polar surface area (TPSA) is 17.1 Å². The van der Waals surface area contributed by atoms with Crippen molar-refractivity contribution in [3.63, 3.8) is 0 Å². The Morgan fingerprint density at radius 1 is 0.957 bits per heavy atom. The molecule has 0 spiro atoms. The lowest BCUT2D eigenvalue weighted by Gasteiger charge is -2.30. The predicted octanol–water partition coefficient (Wildman–Crippen LogP) is 5.54. The molecule has 2 aromatic carbocycles. The molecule has 0 aliphatic carbocycles. The first-order valence-corrected chi connectivity index (χ1v) is 9.49. The first-order chi connectivity index (χ1) is 11.2. The second-order valence-electron chi connectivity index (χ2n) is 6.50. The van der Waals surface area contributed by atoms with Crippen molar-refractivity contribution in [2.45, 2.75) is 13.8 Å². The van der Waals surface area contributed by atoms with E-state index in [1.54, 1.807) is 0 Å². The normalized spacial score (nSPS) is 26.1. The van der Waals surface area contributed by atoms with Gasteiger partial charge in [-0.1, -0.05) is 73.2 Å². The zero-order valence-corrected chi connectivity index (χ0v) is 14.3. The molecule has 0 aromatic heterocycles. The molecule has 0 N–H and O–H groups in total. The van der Waals surface area contributed by atoms with Crippen molar-refractivity contribution < 1.29 is 4.79 Å². The fourth-order valence-electron chi connectivity index (χ4n) is 4.03. The molecule has 0 saturated carbocycles. The molecule has 2 heteroatoms. The molecule has 0 fully saturated rings. The molecule has 2 atom stereocenters. The van der Waals surface area contributed by atoms with Crippen molar-refractivity contribution in [3.05, 3.63) is 82.7 Å². The summed E-state index contributed by atoms with van der Waals surface area (Å²) < 4.78 is 0. The molecule has 2 heterocycles. The minimum absolute atomic E-state index is 0.00548. The summed E-state index contributed by atoms with van der Waals surface area (Å²) in [5, 5.41) is 2.46. The van der Waals surface area contributed by atoms with Crippen LogP contribution in [-0.2, 0) is 4.79 Å². The number of benzene rings is 2. The van der Waals surface area contributed by atoms with Crippen LogP contribution in [0.1, 0.15) is 25.0 Å². The maximum absolute atomic E-state index is 11.9. The van der Waals surface area contributed by atoms with E-state index in [4.69, 9.17) is 0 Å². The van der Waals surface area contributed by atoms with Crippen molar-refractivity contribution in [2.75, 3.05) is 6.16 Å². The van der Waals surface area contributed by atoms with Crippen molar-refractivity contribution in [3.8, 4) is 0 Å². The molecule has 1 nitrogen and oxygen atoms in total. The van der Waals surface area contributed by atoms with Gasteiger partial charge in [0, 0.05) is 10.7 Å². The van der Waals surface area contributed by atoms with E-state index in [9.17, 15) is 4.79 Å². The maximum Gasteiger partial charge on any atom is 0.151 e. The first-order valence-electron chi connectivity index (χ1n) is 7.96. The number of aldehydes is 1. The van der Waals surface area contributed by atoms with Crippen LogP contribution >= 0.6 is 7.92 Å². The highest BCUT2D eigenvalue weighted by molar-refractivity contribution is 7.74. The molecule has 23 heavy (non-hydrogen) atoms. The minimum atomic E-state index is -0.532. The van der Waals surface area contributed by atoms with Crippen LogP contribution in [0.2, 0.25) is 0 Å². The van der Waals surface area contributed by atoms with Crippen LogP contribution in [-0.4, -0.2) is 12.4 Å². The lowest BCUT2D eigenvalue weighted by molar-refractivity contribution is -0.104. The van der Waals surface area contributed by atoms with Gasteiger partial charge in [-0.15, -0.1) is 0 Å². The van der Waals surface area contributed by atoms with E-state index in [0.717, 1.165) is 17.8 Å². The van der Waals surface area contributed by atoms with E-state index < -0.39 is 7.92 Å². The molecule has 0 amide bonds. The number of allylic oxidation sites excluding steroid dienone is 3. The lowest BCUT2D eigenvalue weighted by atomic mass is 9.74. The predicted molar refractivity (Wildman–Crippen MR) is 98.4 cm³/mol. The molecule has 2 aromatic rings. The highest BCUT2D eigenvalue weighted by Crippen LogP contribution is 2.77. The van der Waals surface area contributed by atoms with Gasteiger partial charge in [0.1, 0.15) is 0 Å². The lowest BCUT2D eigenvalue weighted by Crippen LogP contribution is -2.18. The Hall–Kier alpha value is -1.98. The van der Waals surface area contributed by atoms with Gasteiger partial charge in [0.25, 0.3) is 0 Å². The third kappa shape index (κ3) is 2.00. The zero-order valence-electron chi connectivity index (χ0n) is 13.4. The summed E-state index contributed by atoms with van der Waals surface area (Å²) in [6, 6.07) is 21.0. The van der Waals surface area contributed by atoms with Gasteiger partial charge in [0.2, 0.25) is 0 Å². The van der Waals surface area contributed by atoms with Crippen LogP contribution in [0.15, 0.2) is 71.6 Å². The van der Waals surface area contributed by atoms with Gasteiger partial charge in [0.05, 0.1) is 0 Å². The van der Waals surface area contributed by atoms with Gasteiger partial charge in [-0.2, -0.15) is 0 Å². The van der Waals surface area contributed by atoms with E-state index in [-0.39, 0.29) is 5.41 Å². The van der Waals surface area contributed by atoms with E-state index in [0.29, 0.717) is 0 Å². The largest absolute Gasteiger partial charge is 0.298 e. The quantitative estimate of drug-likeness (QED) is 0.536. The van der Waals surface area contributed by atoms with Gasteiger partial charge in [-0.25, -0.2) is 0 Å². The Bertz CT molecular complexity index is 833. The second kappa shape index (κ2) is 5.28. The van der Waals surface area contributed by atoms with Gasteiger partial charge in [0.15, 0.2) is 6.29 Å². The average molecular weight is 318 g/mol. The molecule has 2 unspecified atom stereocenters. The standard InChI is InChI=1S/C21H19OP/c1-15-20(17-11-7-4-8-12-17)23-14-21(15,2)19(18(23)13-22)16-9-5-3-6-10-16/h3-13H,14H2,1-2H3. The van der Waals surface area contributed by atoms with Crippen LogP contribution in [0, 0.1) is 5.41 Å².